The smallest absolute Gasteiger partial charge is 0.358 e. The molecule has 0 amide bonds. The molecule has 0 N–H and O–H groups in total. The van der Waals surface area contributed by atoms with Crippen molar-refractivity contribution < 1.29 is 26.2 Å². The zero-order valence-corrected chi connectivity index (χ0v) is 12.0. The van der Waals surface area contributed by atoms with Crippen molar-refractivity contribution in [2.45, 2.75) is 0 Å². The summed E-state index contributed by atoms with van der Waals surface area (Å²) in [5, 5.41) is 0. The van der Waals surface area contributed by atoms with Crippen molar-refractivity contribution in [1.82, 2.24) is 0 Å². The number of halogens is 1. The Kier molecular flexibility index (Phi) is 31.4. The van der Waals surface area contributed by atoms with Gasteiger partial charge >= 0.3 is 26.2 Å². The summed E-state index contributed by atoms with van der Waals surface area (Å²) >= 11 is 0. The van der Waals surface area contributed by atoms with E-state index in [1.54, 1.807) is 0 Å². The van der Waals surface area contributed by atoms with Crippen LogP contribution < -0.4 is 0 Å². The van der Waals surface area contributed by atoms with Gasteiger partial charge in [-0.3, -0.25) is 0 Å². The molecule has 0 heterocycles. The summed E-state index contributed by atoms with van der Waals surface area (Å²) in [6.07, 6.45) is 0. The van der Waals surface area contributed by atoms with Crippen LogP contribution >= 0.6 is 12.4 Å². The fourth-order valence-corrected chi connectivity index (χ4v) is 0.642. The normalized spacial score (nSPS) is 5.71. The second kappa shape index (κ2) is 18.6. The van der Waals surface area contributed by atoms with Crippen molar-refractivity contribution in [3.63, 3.8) is 0 Å². The summed E-state index contributed by atoms with van der Waals surface area (Å²) in [6, 6.07) is 20.0. The van der Waals surface area contributed by atoms with Gasteiger partial charge in [-0.05, 0) is 0 Å². The maximum Gasteiger partial charge on any atom is 4.00 e. The van der Waals surface area contributed by atoms with Crippen LogP contribution in [-0.4, -0.2) is 0 Å². The molecule has 2 heteroatoms. The SMILES string of the molecule is Cl.[CH3-].[CH3-].[Zr+4].c1cc[cH-]c1.c1cc[cH-]c1. The van der Waals surface area contributed by atoms with Crippen molar-refractivity contribution in [3.8, 4) is 0 Å². The average molecular weight is 288 g/mol. The Bertz CT molecular complexity index is 150. The van der Waals surface area contributed by atoms with E-state index in [-0.39, 0.29) is 53.5 Å². The van der Waals surface area contributed by atoms with Crippen LogP contribution in [0.4, 0.5) is 0 Å². The van der Waals surface area contributed by atoms with E-state index in [4.69, 9.17) is 0 Å². The summed E-state index contributed by atoms with van der Waals surface area (Å²) in [5.41, 5.74) is 0. The van der Waals surface area contributed by atoms with E-state index < -0.39 is 0 Å². The minimum absolute atomic E-state index is 0. The Morgan fingerprint density at radius 1 is 0.571 bits per heavy atom. The molecule has 0 bridgehead atoms. The Morgan fingerprint density at radius 2 is 0.786 bits per heavy atom. The predicted molar refractivity (Wildman–Crippen MR) is 64.1 cm³/mol. The molecule has 0 aromatic heterocycles. The van der Waals surface area contributed by atoms with E-state index in [9.17, 15) is 0 Å². The molecule has 0 aliphatic heterocycles. The topological polar surface area (TPSA) is 0 Å². The van der Waals surface area contributed by atoms with Crippen molar-refractivity contribution in [2.24, 2.45) is 0 Å². The third kappa shape index (κ3) is 14.4. The first-order valence-electron chi connectivity index (χ1n) is 3.33. The van der Waals surface area contributed by atoms with Gasteiger partial charge in [-0.25, -0.2) is 24.3 Å². The van der Waals surface area contributed by atoms with Gasteiger partial charge in [0.1, 0.15) is 0 Å². The van der Waals surface area contributed by atoms with Crippen LogP contribution in [-0.2, 0) is 26.2 Å². The summed E-state index contributed by atoms with van der Waals surface area (Å²) in [6.45, 7) is 0. The molecule has 2 aromatic carbocycles. The summed E-state index contributed by atoms with van der Waals surface area (Å²) in [4.78, 5) is 0. The van der Waals surface area contributed by atoms with Crippen LogP contribution in [0, 0.1) is 14.9 Å². The van der Waals surface area contributed by atoms with Gasteiger partial charge in [0.2, 0.25) is 0 Å². The van der Waals surface area contributed by atoms with E-state index in [0.717, 1.165) is 0 Å². The molecule has 0 fully saturated rings. The van der Waals surface area contributed by atoms with Gasteiger partial charge in [-0.15, -0.1) is 12.4 Å². The molecular weight excluding hydrogens is 271 g/mol. The van der Waals surface area contributed by atoms with Crippen LogP contribution in [0.2, 0.25) is 0 Å². The van der Waals surface area contributed by atoms with E-state index in [0.29, 0.717) is 0 Å². The van der Waals surface area contributed by atoms with Gasteiger partial charge in [0.25, 0.3) is 0 Å². The van der Waals surface area contributed by atoms with E-state index in [1.165, 1.54) is 0 Å². The second-order valence-electron chi connectivity index (χ2n) is 1.92. The maximum absolute atomic E-state index is 2.00. The third-order valence-electron chi connectivity index (χ3n) is 1.11. The van der Waals surface area contributed by atoms with Gasteiger partial charge in [-0.2, -0.15) is 36.4 Å². The largest absolute Gasteiger partial charge is 4.00 e. The van der Waals surface area contributed by atoms with Crippen LogP contribution in [0.25, 0.3) is 0 Å². The minimum Gasteiger partial charge on any atom is -0.358 e. The van der Waals surface area contributed by atoms with Gasteiger partial charge in [0.15, 0.2) is 0 Å². The summed E-state index contributed by atoms with van der Waals surface area (Å²) in [5.74, 6) is 0. The molecule has 0 unspecified atom stereocenters. The van der Waals surface area contributed by atoms with Crippen LogP contribution in [0.3, 0.4) is 0 Å². The maximum atomic E-state index is 2.00. The first-order valence-corrected chi connectivity index (χ1v) is 3.33. The molecule has 0 radical (unpaired) electrons. The van der Waals surface area contributed by atoms with Gasteiger partial charge in [0, 0.05) is 0 Å². The fourth-order valence-electron chi connectivity index (χ4n) is 0.642. The Hall–Kier alpha value is -0.127. The van der Waals surface area contributed by atoms with Gasteiger partial charge in [0.05, 0.1) is 0 Å². The molecule has 0 aliphatic rings. The molecule has 0 nitrogen and oxygen atoms in total. The van der Waals surface area contributed by atoms with Crippen molar-refractivity contribution in [2.75, 3.05) is 0 Å². The Balaban J connectivity index is -0.0000000556. The van der Waals surface area contributed by atoms with E-state index in [2.05, 4.69) is 0 Å². The third-order valence-corrected chi connectivity index (χ3v) is 1.11. The van der Waals surface area contributed by atoms with E-state index in [1.807, 2.05) is 60.7 Å². The van der Waals surface area contributed by atoms with Crippen molar-refractivity contribution in [3.05, 3.63) is 75.5 Å². The van der Waals surface area contributed by atoms with Crippen LogP contribution in [0.1, 0.15) is 0 Å². The molecule has 2 aromatic rings. The summed E-state index contributed by atoms with van der Waals surface area (Å²) < 4.78 is 0. The molecule has 0 atom stereocenters. The zero-order chi connectivity index (χ0) is 7.07. The molecule has 0 aliphatic carbocycles. The standard InChI is InChI=1S/2C5H5.2CH3.ClH.Zr/c2*1-2-4-5-3-1;;;;/h2*1-5H;2*1H3;1H;/q4*-1;;+4. The molecule has 0 saturated heterocycles. The Labute approximate surface area is 114 Å². The average Bonchev–Trinajstić information content (AvgIpc) is 2.67. The predicted octanol–water partition coefficient (Wildman–Crippen LogP) is 4.13. The van der Waals surface area contributed by atoms with Crippen LogP contribution in [0.5, 0.6) is 0 Å². The quantitative estimate of drug-likeness (QED) is 0.639. The van der Waals surface area contributed by atoms with Gasteiger partial charge in [-0.1, -0.05) is 0 Å². The van der Waals surface area contributed by atoms with Crippen molar-refractivity contribution in [1.29, 1.82) is 0 Å². The first kappa shape index (κ1) is 23.6. The number of hydrogen-bond donors (Lipinski definition) is 0. The first-order chi connectivity index (χ1) is 5.00. The summed E-state index contributed by atoms with van der Waals surface area (Å²) in [7, 11) is 0. The number of hydrogen-bond acceptors (Lipinski definition) is 0. The monoisotopic (exact) mass is 286 g/mol. The molecular formula is C12H17ClZr. The molecule has 0 spiro atoms. The number of rotatable bonds is 0. The molecule has 0 saturated carbocycles. The molecule has 76 valence electrons. The zero-order valence-electron chi connectivity index (χ0n) is 8.68. The minimum atomic E-state index is 0. The molecule has 2 rings (SSSR count). The van der Waals surface area contributed by atoms with E-state index >= 15 is 0 Å². The van der Waals surface area contributed by atoms with Crippen LogP contribution in [0.15, 0.2) is 60.7 Å². The fraction of sp³-hybridized carbons (Fsp3) is 0. The Morgan fingerprint density at radius 3 is 0.857 bits per heavy atom. The van der Waals surface area contributed by atoms with Gasteiger partial charge < -0.3 is 14.9 Å². The van der Waals surface area contributed by atoms with Crippen molar-refractivity contribution >= 4 is 12.4 Å². The molecule has 14 heavy (non-hydrogen) atoms. The second-order valence-corrected chi connectivity index (χ2v) is 1.92.